The summed E-state index contributed by atoms with van der Waals surface area (Å²) in [6, 6.07) is 12.9. The molecule has 0 aliphatic heterocycles. The van der Waals surface area contributed by atoms with Crippen molar-refractivity contribution < 1.29 is 4.39 Å². The van der Waals surface area contributed by atoms with E-state index < -0.39 is 0 Å². The molecule has 1 aromatic carbocycles. The highest BCUT2D eigenvalue weighted by molar-refractivity contribution is 5.63. The first-order valence-corrected chi connectivity index (χ1v) is 9.95. The van der Waals surface area contributed by atoms with Crippen molar-refractivity contribution in [2.45, 2.75) is 44.3 Å². The Morgan fingerprint density at radius 2 is 1.83 bits per heavy atom. The molecule has 29 heavy (non-hydrogen) atoms. The Bertz CT molecular complexity index is 955. The van der Waals surface area contributed by atoms with Crippen molar-refractivity contribution in [3.8, 4) is 11.3 Å². The number of nitrogens with one attached hydrogen (secondary N) is 2. The lowest BCUT2D eigenvalue weighted by Gasteiger charge is -2.26. The molecule has 0 atom stereocenters. The van der Waals surface area contributed by atoms with E-state index in [0.29, 0.717) is 30.4 Å². The normalized spacial score (nSPS) is 19.0. The van der Waals surface area contributed by atoms with Gasteiger partial charge in [0.15, 0.2) is 0 Å². The third-order valence-corrected chi connectivity index (χ3v) is 5.18. The number of aromatic nitrogens is 3. The highest BCUT2D eigenvalue weighted by Crippen LogP contribution is 2.23. The summed E-state index contributed by atoms with van der Waals surface area (Å²) >= 11 is 0. The minimum Gasteiger partial charge on any atom is -0.366 e. The average Bonchev–Trinajstić information content (AvgIpc) is 2.74. The third kappa shape index (κ3) is 5.26. The largest absolute Gasteiger partial charge is 0.366 e. The molecule has 1 fully saturated rings. The monoisotopic (exact) mass is 392 g/mol. The lowest BCUT2D eigenvalue weighted by Crippen LogP contribution is -2.33. The van der Waals surface area contributed by atoms with E-state index in [-0.39, 0.29) is 5.82 Å². The number of pyridine rings is 1. The van der Waals surface area contributed by atoms with Crippen LogP contribution in [0.5, 0.6) is 0 Å². The van der Waals surface area contributed by atoms with Crippen molar-refractivity contribution in [1.82, 2.24) is 15.0 Å². The van der Waals surface area contributed by atoms with Gasteiger partial charge < -0.3 is 16.4 Å². The van der Waals surface area contributed by atoms with E-state index in [0.717, 1.165) is 42.5 Å². The topological polar surface area (TPSA) is 88.8 Å². The number of nitrogens with zero attached hydrogens (tertiary/aromatic N) is 3. The molecule has 0 spiro atoms. The van der Waals surface area contributed by atoms with Gasteiger partial charge in [-0.3, -0.25) is 0 Å². The Morgan fingerprint density at radius 3 is 2.66 bits per heavy atom. The Balaban J connectivity index is 1.43. The van der Waals surface area contributed by atoms with Gasteiger partial charge in [-0.1, -0.05) is 12.1 Å². The molecule has 4 rings (SSSR count). The number of hydrogen-bond acceptors (Lipinski definition) is 6. The molecule has 0 radical (unpaired) electrons. The molecule has 0 unspecified atom stereocenters. The van der Waals surface area contributed by atoms with Gasteiger partial charge in [0.1, 0.15) is 11.6 Å². The summed E-state index contributed by atoms with van der Waals surface area (Å²) in [6.45, 7) is 0.495. The van der Waals surface area contributed by atoms with Crippen LogP contribution in [0.1, 0.15) is 31.2 Å². The Hall–Kier alpha value is -3.06. The number of nitrogens with two attached hydrogens (primary N) is 1. The molecule has 0 saturated heterocycles. The predicted octanol–water partition coefficient (Wildman–Crippen LogP) is 3.97. The van der Waals surface area contributed by atoms with Gasteiger partial charge in [0, 0.05) is 36.6 Å². The summed E-state index contributed by atoms with van der Waals surface area (Å²) in [5.41, 5.74) is 8.61. The second-order valence-corrected chi connectivity index (χ2v) is 7.43. The third-order valence-electron chi connectivity index (χ3n) is 5.18. The van der Waals surface area contributed by atoms with Crippen LogP contribution < -0.4 is 16.4 Å². The summed E-state index contributed by atoms with van der Waals surface area (Å²) in [5.74, 6) is 1.10. The molecule has 2 aromatic heterocycles. The maximum Gasteiger partial charge on any atom is 0.223 e. The molecule has 4 N–H and O–H groups in total. The van der Waals surface area contributed by atoms with Gasteiger partial charge in [-0.25, -0.2) is 19.3 Å². The van der Waals surface area contributed by atoms with E-state index in [9.17, 15) is 4.39 Å². The van der Waals surface area contributed by atoms with E-state index in [1.807, 2.05) is 24.3 Å². The molecule has 150 valence electrons. The molecule has 2 heterocycles. The molecule has 1 saturated carbocycles. The van der Waals surface area contributed by atoms with Crippen LogP contribution in [0.25, 0.3) is 11.3 Å². The van der Waals surface area contributed by atoms with Crippen molar-refractivity contribution >= 4 is 11.8 Å². The first kappa shape index (κ1) is 19.3. The van der Waals surface area contributed by atoms with Crippen LogP contribution in [0.4, 0.5) is 16.2 Å². The maximum absolute atomic E-state index is 13.3. The summed E-state index contributed by atoms with van der Waals surface area (Å²) in [7, 11) is 0. The van der Waals surface area contributed by atoms with Crippen molar-refractivity contribution in [2.75, 3.05) is 10.6 Å². The van der Waals surface area contributed by atoms with Gasteiger partial charge in [0.05, 0.1) is 5.69 Å². The predicted molar refractivity (Wildman–Crippen MR) is 113 cm³/mol. The lowest BCUT2D eigenvalue weighted by molar-refractivity contribution is 0.410. The fourth-order valence-corrected chi connectivity index (χ4v) is 3.56. The Kier molecular flexibility index (Phi) is 5.95. The number of hydrogen-bond donors (Lipinski definition) is 3. The molecule has 0 bridgehead atoms. The number of halogens is 1. The second-order valence-electron chi connectivity index (χ2n) is 7.43. The molecule has 1 aliphatic rings. The first-order chi connectivity index (χ1) is 14.2. The SMILES string of the molecule is NC1CCC(Nc2nccc(-c3ccnc(NCc4cccc(F)c4)c3)n2)CC1. The van der Waals surface area contributed by atoms with Crippen molar-refractivity contribution in [3.63, 3.8) is 0 Å². The smallest absolute Gasteiger partial charge is 0.223 e. The molecule has 6 nitrogen and oxygen atoms in total. The van der Waals surface area contributed by atoms with Crippen LogP contribution >= 0.6 is 0 Å². The standard InChI is InChI=1S/C22H25FN6/c23-17-3-1-2-15(12-17)14-27-21-13-16(8-10-25-21)20-9-11-26-22(29-20)28-19-6-4-18(24)5-7-19/h1-3,8-13,18-19H,4-7,14,24H2,(H,25,27)(H,26,28,29). The van der Waals surface area contributed by atoms with Gasteiger partial charge in [-0.2, -0.15) is 0 Å². The zero-order valence-corrected chi connectivity index (χ0v) is 16.2. The quantitative estimate of drug-likeness (QED) is 0.588. The van der Waals surface area contributed by atoms with Crippen molar-refractivity contribution in [1.29, 1.82) is 0 Å². The van der Waals surface area contributed by atoms with Gasteiger partial charge >= 0.3 is 0 Å². The van der Waals surface area contributed by atoms with E-state index in [1.54, 1.807) is 18.5 Å². The van der Waals surface area contributed by atoms with Crippen LogP contribution in [0, 0.1) is 5.82 Å². The number of rotatable bonds is 6. The highest BCUT2D eigenvalue weighted by Gasteiger charge is 2.19. The summed E-state index contributed by atoms with van der Waals surface area (Å²) in [4.78, 5) is 13.4. The van der Waals surface area contributed by atoms with Gasteiger partial charge in [0.25, 0.3) is 0 Å². The van der Waals surface area contributed by atoms with Crippen molar-refractivity contribution in [3.05, 3.63) is 66.2 Å². The van der Waals surface area contributed by atoms with E-state index in [1.165, 1.54) is 12.1 Å². The average molecular weight is 392 g/mol. The van der Waals surface area contributed by atoms with Crippen LogP contribution in [0.3, 0.4) is 0 Å². The zero-order valence-electron chi connectivity index (χ0n) is 16.2. The molecule has 0 amide bonds. The fourth-order valence-electron chi connectivity index (χ4n) is 3.56. The Morgan fingerprint density at radius 1 is 1.00 bits per heavy atom. The minimum absolute atomic E-state index is 0.244. The number of anilines is 2. The van der Waals surface area contributed by atoms with Crippen LogP contribution in [-0.4, -0.2) is 27.0 Å². The number of benzene rings is 1. The first-order valence-electron chi connectivity index (χ1n) is 9.95. The Labute approximate surface area is 169 Å². The summed E-state index contributed by atoms with van der Waals surface area (Å²) < 4.78 is 13.3. The highest BCUT2D eigenvalue weighted by atomic mass is 19.1. The lowest BCUT2D eigenvalue weighted by atomic mass is 9.92. The molecule has 7 heteroatoms. The van der Waals surface area contributed by atoms with Crippen LogP contribution in [0.2, 0.25) is 0 Å². The maximum atomic E-state index is 13.3. The summed E-state index contributed by atoms with van der Waals surface area (Å²) in [6.07, 6.45) is 7.64. The van der Waals surface area contributed by atoms with Crippen LogP contribution in [-0.2, 0) is 6.54 Å². The minimum atomic E-state index is -0.244. The van der Waals surface area contributed by atoms with Crippen molar-refractivity contribution in [2.24, 2.45) is 5.73 Å². The van der Waals surface area contributed by atoms with E-state index >= 15 is 0 Å². The van der Waals surface area contributed by atoms with Crippen LogP contribution in [0.15, 0.2) is 54.9 Å². The fraction of sp³-hybridized carbons (Fsp3) is 0.318. The van der Waals surface area contributed by atoms with Gasteiger partial charge in [0.2, 0.25) is 5.95 Å². The zero-order chi connectivity index (χ0) is 20.1. The second kappa shape index (κ2) is 8.96. The molecular weight excluding hydrogens is 367 g/mol. The molecule has 3 aromatic rings. The summed E-state index contributed by atoms with van der Waals surface area (Å²) in [5, 5.41) is 6.67. The van der Waals surface area contributed by atoms with Gasteiger partial charge in [-0.05, 0) is 61.6 Å². The van der Waals surface area contributed by atoms with Gasteiger partial charge in [-0.15, -0.1) is 0 Å². The van der Waals surface area contributed by atoms with E-state index in [2.05, 4.69) is 25.6 Å². The molecular formula is C22H25FN6. The van der Waals surface area contributed by atoms with E-state index in [4.69, 9.17) is 5.73 Å². The molecule has 1 aliphatic carbocycles.